The zero-order valence-corrected chi connectivity index (χ0v) is 14.4. The molecule has 0 radical (unpaired) electrons. The molecule has 0 bridgehead atoms. The Hall–Kier alpha value is -2.99. The summed E-state index contributed by atoms with van der Waals surface area (Å²) in [5.41, 5.74) is 5.28. The second-order valence-electron chi connectivity index (χ2n) is 5.16. The Bertz CT molecular complexity index is 919. The van der Waals surface area contributed by atoms with Crippen LogP contribution in [-0.2, 0) is 0 Å². The number of pyridine rings is 1. The highest BCUT2D eigenvalue weighted by Gasteiger charge is 2.10. The van der Waals surface area contributed by atoms with Gasteiger partial charge in [-0.25, -0.2) is 0 Å². The Morgan fingerprint density at radius 3 is 2.52 bits per heavy atom. The molecule has 1 heterocycles. The van der Waals surface area contributed by atoms with E-state index in [-0.39, 0.29) is 5.75 Å². The largest absolute Gasteiger partial charge is 0.502 e. The molecule has 0 atom stereocenters. The first-order valence-corrected chi connectivity index (χ1v) is 7.78. The average Bonchev–Trinajstić information content (AvgIpc) is 2.62. The number of phenols is 1. The van der Waals surface area contributed by atoms with Crippen molar-refractivity contribution in [3.63, 3.8) is 0 Å². The topological polar surface area (TPSA) is 76.0 Å². The van der Waals surface area contributed by atoms with E-state index < -0.39 is 0 Å². The first-order chi connectivity index (χ1) is 12.1. The van der Waals surface area contributed by atoms with Crippen molar-refractivity contribution in [1.29, 1.82) is 0 Å². The summed E-state index contributed by atoms with van der Waals surface area (Å²) in [7, 11) is 2.95. The van der Waals surface area contributed by atoms with Crippen LogP contribution in [-0.4, -0.2) is 30.5 Å². The van der Waals surface area contributed by atoms with Gasteiger partial charge in [0.25, 0.3) is 0 Å². The van der Waals surface area contributed by atoms with Gasteiger partial charge in [-0.2, -0.15) is 5.10 Å². The summed E-state index contributed by atoms with van der Waals surface area (Å²) in [6, 6.07) is 10.6. The standard InChI is InChI=1S/C18H16ClN3O3/c1-24-16-7-11(8-17(25-2)18(16)23)10-21-22-14-5-6-20-15-9-12(19)3-4-13(14)15/h3-10,23H,1-2H3,(H,20,22)/b21-10+. The van der Waals surface area contributed by atoms with E-state index in [0.717, 1.165) is 16.6 Å². The fourth-order valence-electron chi connectivity index (χ4n) is 2.38. The molecular weight excluding hydrogens is 342 g/mol. The van der Waals surface area contributed by atoms with Crippen LogP contribution in [0, 0.1) is 0 Å². The number of nitrogens with one attached hydrogen (secondary N) is 1. The molecule has 0 unspecified atom stereocenters. The van der Waals surface area contributed by atoms with Crippen molar-refractivity contribution in [2.45, 2.75) is 0 Å². The number of benzene rings is 2. The first-order valence-electron chi connectivity index (χ1n) is 7.40. The highest BCUT2D eigenvalue weighted by atomic mass is 35.5. The fourth-order valence-corrected chi connectivity index (χ4v) is 2.55. The van der Waals surface area contributed by atoms with Crippen LogP contribution < -0.4 is 14.9 Å². The smallest absolute Gasteiger partial charge is 0.200 e. The number of hydrogen-bond donors (Lipinski definition) is 2. The van der Waals surface area contributed by atoms with Crippen molar-refractivity contribution in [3.8, 4) is 17.2 Å². The maximum absolute atomic E-state index is 9.93. The van der Waals surface area contributed by atoms with Crippen molar-refractivity contribution in [2.75, 3.05) is 19.6 Å². The molecule has 1 aromatic heterocycles. The summed E-state index contributed by atoms with van der Waals surface area (Å²) in [4.78, 5) is 4.29. The molecule has 0 saturated carbocycles. The van der Waals surface area contributed by atoms with Crippen LogP contribution in [0.1, 0.15) is 5.56 Å². The SMILES string of the molecule is COc1cc(/C=N/Nc2ccnc3cc(Cl)ccc23)cc(OC)c1O. The fraction of sp³-hybridized carbons (Fsp3) is 0.111. The number of fused-ring (bicyclic) bond motifs is 1. The van der Waals surface area contributed by atoms with Gasteiger partial charge in [0.15, 0.2) is 11.5 Å². The summed E-state index contributed by atoms with van der Waals surface area (Å²) < 4.78 is 10.3. The predicted octanol–water partition coefficient (Wildman–Crippen LogP) is 4.06. The number of halogens is 1. The third-order valence-corrected chi connectivity index (χ3v) is 3.84. The zero-order chi connectivity index (χ0) is 17.8. The number of phenolic OH excluding ortho intramolecular Hbond substituents is 1. The van der Waals surface area contributed by atoms with Crippen LogP contribution in [0.2, 0.25) is 5.02 Å². The molecule has 25 heavy (non-hydrogen) atoms. The molecular formula is C18H16ClN3O3. The zero-order valence-electron chi connectivity index (χ0n) is 13.7. The van der Waals surface area contributed by atoms with Crippen molar-refractivity contribution in [2.24, 2.45) is 5.10 Å². The lowest BCUT2D eigenvalue weighted by Crippen LogP contribution is -1.95. The van der Waals surface area contributed by atoms with Crippen LogP contribution in [0.15, 0.2) is 47.7 Å². The molecule has 0 saturated heterocycles. The minimum Gasteiger partial charge on any atom is -0.502 e. The predicted molar refractivity (Wildman–Crippen MR) is 99.2 cm³/mol. The van der Waals surface area contributed by atoms with E-state index in [0.29, 0.717) is 22.1 Å². The Morgan fingerprint density at radius 2 is 1.84 bits per heavy atom. The Morgan fingerprint density at radius 1 is 1.12 bits per heavy atom. The van der Waals surface area contributed by atoms with Crippen LogP contribution in [0.3, 0.4) is 0 Å². The number of hydrogen-bond acceptors (Lipinski definition) is 6. The van der Waals surface area contributed by atoms with E-state index in [1.807, 2.05) is 12.1 Å². The van der Waals surface area contributed by atoms with Crippen molar-refractivity contribution in [1.82, 2.24) is 4.98 Å². The van der Waals surface area contributed by atoms with Crippen molar-refractivity contribution in [3.05, 3.63) is 53.2 Å². The lowest BCUT2D eigenvalue weighted by molar-refractivity contribution is 0.340. The molecule has 3 rings (SSSR count). The maximum atomic E-state index is 9.93. The van der Waals surface area contributed by atoms with Gasteiger partial charge in [-0.15, -0.1) is 0 Å². The lowest BCUT2D eigenvalue weighted by atomic mass is 10.2. The van der Waals surface area contributed by atoms with E-state index in [1.54, 1.807) is 36.7 Å². The first kappa shape index (κ1) is 16.9. The van der Waals surface area contributed by atoms with Gasteiger partial charge in [-0.3, -0.25) is 10.4 Å². The molecule has 0 aliphatic carbocycles. The number of aromatic hydroxyl groups is 1. The monoisotopic (exact) mass is 357 g/mol. The number of ether oxygens (including phenoxy) is 2. The summed E-state index contributed by atoms with van der Waals surface area (Å²) in [5, 5.41) is 15.7. The van der Waals surface area contributed by atoms with E-state index >= 15 is 0 Å². The van der Waals surface area contributed by atoms with E-state index in [2.05, 4.69) is 15.5 Å². The van der Waals surface area contributed by atoms with Gasteiger partial charge in [-0.05, 0) is 36.4 Å². The van der Waals surface area contributed by atoms with Gasteiger partial charge in [0.1, 0.15) is 0 Å². The second-order valence-corrected chi connectivity index (χ2v) is 5.60. The Balaban J connectivity index is 1.87. The molecule has 3 aromatic rings. The van der Waals surface area contributed by atoms with E-state index in [1.165, 1.54) is 14.2 Å². The molecule has 7 heteroatoms. The van der Waals surface area contributed by atoms with Gasteiger partial charge in [0.05, 0.1) is 31.6 Å². The van der Waals surface area contributed by atoms with Gasteiger partial charge < -0.3 is 14.6 Å². The molecule has 0 amide bonds. The van der Waals surface area contributed by atoms with E-state index in [4.69, 9.17) is 21.1 Å². The van der Waals surface area contributed by atoms with Gasteiger partial charge >= 0.3 is 0 Å². The average molecular weight is 358 g/mol. The highest BCUT2D eigenvalue weighted by Crippen LogP contribution is 2.36. The van der Waals surface area contributed by atoms with Gasteiger partial charge in [-0.1, -0.05) is 11.6 Å². The highest BCUT2D eigenvalue weighted by molar-refractivity contribution is 6.31. The number of rotatable bonds is 5. The van der Waals surface area contributed by atoms with E-state index in [9.17, 15) is 5.11 Å². The van der Waals surface area contributed by atoms with Crippen LogP contribution in [0.4, 0.5) is 5.69 Å². The molecule has 128 valence electrons. The lowest BCUT2D eigenvalue weighted by Gasteiger charge is -2.09. The number of methoxy groups -OCH3 is 2. The molecule has 0 spiro atoms. The van der Waals surface area contributed by atoms with Gasteiger partial charge in [0.2, 0.25) is 5.75 Å². The number of aromatic nitrogens is 1. The van der Waals surface area contributed by atoms with Gasteiger partial charge in [0, 0.05) is 22.2 Å². The summed E-state index contributed by atoms with van der Waals surface area (Å²) in [6.07, 6.45) is 3.29. The minimum absolute atomic E-state index is 0.0490. The summed E-state index contributed by atoms with van der Waals surface area (Å²) in [6.45, 7) is 0. The van der Waals surface area contributed by atoms with Crippen LogP contribution >= 0.6 is 11.6 Å². The second kappa shape index (κ2) is 7.27. The summed E-state index contributed by atoms with van der Waals surface area (Å²) in [5.74, 6) is 0.571. The normalized spacial score (nSPS) is 11.0. The minimum atomic E-state index is -0.0490. The van der Waals surface area contributed by atoms with Crippen LogP contribution in [0.5, 0.6) is 17.2 Å². The van der Waals surface area contributed by atoms with Crippen molar-refractivity contribution < 1.29 is 14.6 Å². The van der Waals surface area contributed by atoms with Crippen LogP contribution in [0.25, 0.3) is 10.9 Å². The number of nitrogens with zero attached hydrogens (tertiary/aromatic N) is 2. The number of hydrazone groups is 1. The molecule has 0 aliphatic rings. The maximum Gasteiger partial charge on any atom is 0.200 e. The molecule has 6 nitrogen and oxygen atoms in total. The molecule has 0 aliphatic heterocycles. The van der Waals surface area contributed by atoms with Crippen molar-refractivity contribution >= 4 is 34.4 Å². The third kappa shape index (κ3) is 3.59. The Labute approximate surface area is 149 Å². The molecule has 2 N–H and O–H groups in total. The Kier molecular flexibility index (Phi) is 4.90. The quantitative estimate of drug-likeness (QED) is 0.532. The third-order valence-electron chi connectivity index (χ3n) is 3.61. The molecule has 0 fully saturated rings. The number of anilines is 1. The molecule has 2 aromatic carbocycles. The summed E-state index contributed by atoms with van der Waals surface area (Å²) >= 11 is 5.99.